The predicted molar refractivity (Wildman–Crippen MR) is 79.3 cm³/mol. The summed E-state index contributed by atoms with van der Waals surface area (Å²) in [6.07, 6.45) is -0.278. The summed E-state index contributed by atoms with van der Waals surface area (Å²) in [4.78, 5) is 13.2. The van der Waals surface area contributed by atoms with Crippen LogP contribution in [0.25, 0.3) is 0 Å². The molecule has 5 heteroatoms. The van der Waals surface area contributed by atoms with E-state index >= 15 is 0 Å². The minimum atomic E-state index is -0.278. The lowest BCUT2D eigenvalue weighted by Crippen LogP contribution is -2.30. The van der Waals surface area contributed by atoms with Crippen LogP contribution in [-0.4, -0.2) is 39.0 Å². The van der Waals surface area contributed by atoms with Crippen LogP contribution in [0.1, 0.15) is 13.8 Å². The topological polar surface area (TPSA) is 50.8 Å². The Hall–Kier alpha value is -1.75. The zero-order chi connectivity index (χ0) is 14.5. The first kappa shape index (κ1) is 14.7. The SMILES string of the molecule is COCC(Nc1cccc(N2CCOC2=O)c1)C(C)C. The maximum Gasteiger partial charge on any atom is 0.414 e. The zero-order valence-corrected chi connectivity index (χ0v) is 12.3. The van der Waals surface area contributed by atoms with Gasteiger partial charge in [0.05, 0.1) is 19.2 Å². The number of carbonyl (C=O) groups is 1. The molecule has 1 aliphatic heterocycles. The van der Waals surface area contributed by atoms with E-state index in [4.69, 9.17) is 9.47 Å². The number of anilines is 2. The molecule has 1 aliphatic rings. The van der Waals surface area contributed by atoms with E-state index in [1.165, 1.54) is 0 Å². The second kappa shape index (κ2) is 6.61. The molecule has 1 amide bonds. The van der Waals surface area contributed by atoms with Gasteiger partial charge >= 0.3 is 6.09 Å². The lowest BCUT2D eigenvalue weighted by atomic mass is 10.0. The third kappa shape index (κ3) is 3.42. The molecular formula is C15H22N2O3. The van der Waals surface area contributed by atoms with Crippen LogP contribution in [-0.2, 0) is 9.47 Å². The lowest BCUT2D eigenvalue weighted by Gasteiger charge is -2.23. The van der Waals surface area contributed by atoms with Crippen molar-refractivity contribution in [2.75, 3.05) is 37.1 Å². The van der Waals surface area contributed by atoms with Crippen LogP contribution < -0.4 is 10.2 Å². The third-order valence-corrected chi connectivity index (χ3v) is 3.42. The Morgan fingerprint density at radius 1 is 1.45 bits per heavy atom. The van der Waals surface area contributed by atoms with E-state index in [0.29, 0.717) is 25.7 Å². The fourth-order valence-corrected chi connectivity index (χ4v) is 2.19. The monoisotopic (exact) mass is 278 g/mol. The van der Waals surface area contributed by atoms with Crippen LogP contribution in [0.2, 0.25) is 0 Å². The van der Waals surface area contributed by atoms with Crippen LogP contribution in [0.5, 0.6) is 0 Å². The Kier molecular flexibility index (Phi) is 4.84. The first-order chi connectivity index (χ1) is 9.61. The van der Waals surface area contributed by atoms with Crippen molar-refractivity contribution in [3.05, 3.63) is 24.3 Å². The first-order valence-electron chi connectivity index (χ1n) is 6.91. The Balaban J connectivity index is 2.11. The Morgan fingerprint density at radius 2 is 2.25 bits per heavy atom. The zero-order valence-electron chi connectivity index (χ0n) is 12.3. The van der Waals surface area contributed by atoms with Crippen LogP contribution >= 0.6 is 0 Å². The minimum absolute atomic E-state index is 0.237. The molecule has 1 heterocycles. The van der Waals surface area contributed by atoms with E-state index in [2.05, 4.69) is 19.2 Å². The Bertz CT molecular complexity index is 462. The number of cyclic esters (lactones) is 1. The van der Waals surface area contributed by atoms with Crippen molar-refractivity contribution in [1.29, 1.82) is 0 Å². The van der Waals surface area contributed by atoms with Gasteiger partial charge in [-0.1, -0.05) is 19.9 Å². The standard InChI is InChI=1S/C15H22N2O3/c1-11(2)14(10-19-3)16-12-5-4-6-13(9-12)17-7-8-20-15(17)18/h4-6,9,11,14,16H,7-8,10H2,1-3H3. The van der Waals surface area contributed by atoms with Gasteiger partial charge in [-0.15, -0.1) is 0 Å². The van der Waals surface area contributed by atoms with Gasteiger partial charge in [-0.25, -0.2) is 4.79 Å². The van der Waals surface area contributed by atoms with E-state index in [1.54, 1.807) is 12.0 Å². The lowest BCUT2D eigenvalue weighted by molar-refractivity contribution is 0.171. The molecule has 0 spiro atoms. The molecule has 2 rings (SSSR count). The third-order valence-electron chi connectivity index (χ3n) is 3.42. The van der Waals surface area contributed by atoms with Gasteiger partial charge in [-0.3, -0.25) is 4.90 Å². The summed E-state index contributed by atoms with van der Waals surface area (Å²) in [6.45, 7) is 6.01. The highest BCUT2D eigenvalue weighted by atomic mass is 16.6. The summed E-state index contributed by atoms with van der Waals surface area (Å²) in [5.74, 6) is 0.454. The molecule has 110 valence electrons. The van der Waals surface area contributed by atoms with Crippen molar-refractivity contribution < 1.29 is 14.3 Å². The largest absolute Gasteiger partial charge is 0.447 e. The number of methoxy groups -OCH3 is 1. The predicted octanol–water partition coefficient (Wildman–Crippen LogP) is 2.73. The number of nitrogens with zero attached hydrogens (tertiary/aromatic N) is 1. The summed E-state index contributed by atoms with van der Waals surface area (Å²) in [7, 11) is 1.70. The van der Waals surface area contributed by atoms with Gasteiger partial charge in [0, 0.05) is 18.5 Å². The smallest absolute Gasteiger partial charge is 0.414 e. The number of carbonyl (C=O) groups excluding carboxylic acids is 1. The number of hydrogen-bond donors (Lipinski definition) is 1. The fraction of sp³-hybridized carbons (Fsp3) is 0.533. The van der Waals surface area contributed by atoms with Crippen LogP contribution in [0.15, 0.2) is 24.3 Å². The van der Waals surface area contributed by atoms with Gasteiger partial charge in [0.1, 0.15) is 6.61 Å². The normalized spacial score (nSPS) is 16.4. The molecule has 1 unspecified atom stereocenters. The maximum absolute atomic E-state index is 11.6. The summed E-state index contributed by atoms with van der Waals surface area (Å²) < 4.78 is 10.2. The van der Waals surface area contributed by atoms with Gasteiger partial charge in [0.25, 0.3) is 0 Å². The number of hydrogen-bond acceptors (Lipinski definition) is 4. The van der Waals surface area contributed by atoms with E-state index in [1.807, 2.05) is 24.3 Å². The number of ether oxygens (including phenoxy) is 2. The molecule has 1 atom stereocenters. The van der Waals surface area contributed by atoms with Crippen molar-refractivity contribution in [3.63, 3.8) is 0 Å². The average Bonchev–Trinajstić information content (AvgIpc) is 2.85. The van der Waals surface area contributed by atoms with Gasteiger partial charge in [0.2, 0.25) is 0 Å². The van der Waals surface area contributed by atoms with Crippen molar-refractivity contribution in [3.8, 4) is 0 Å². The first-order valence-corrected chi connectivity index (χ1v) is 6.91. The maximum atomic E-state index is 11.6. The molecule has 1 N–H and O–H groups in total. The molecule has 0 bridgehead atoms. The molecular weight excluding hydrogens is 256 g/mol. The molecule has 0 aromatic heterocycles. The summed E-state index contributed by atoms with van der Waals surface area (Å²) in [5.41, 5.74) is 1.84. The van der Waals surface area contributed by atoms with Gasteiger partial charge in [0.15, 0.2) is 0 Å². The van der Waals surface area contributed by atoms with Crippen LogP contribution in [0, 0.1) is 5.92 Å². The molecule has 0 saturated carbocycles. The number of rotatable bonds is 6. The second-order valence-corrected chi connectivity index (χ2v) is 5.27. The van der Waals surface area contributed by atoms with Crippen LogP contribution in [0.4, 0.5) is 16.2 Å². The highest BCUT2D eigenvalue weighted by molar-refractivity contribution is 5.89. The summed E-state index contributed by atoms with van der Waals surface area (Å²) in [5, 5.41) is 3.45. The molecule has 5 nitrogen and oxygen atoms in total. The quantitative estimate of drug-likeness (QED) is 0.869. The highest BCUT2D eigenvalue weighted by Crippen LogP contribution is 2.23. The minimum Gasteiger partial charge on any atom is -0.447 e. The van der Waals surface area contributed by atoms with E-state index < -0.39 is 0 Å². The molecule has 1 fully saturated rings. The number of nitrogens with one attached hydrogen (secondary N) is 1. The van der Waals surface area contributed by atoms with Crippen LogP contribution in [0.3, 0.4) is 0 Å². The molecule has 1 aromatic carbocycles. The number of benzene rings is 1. The average molecular weight is 278 g/mol. The molecule has 0 aliphatic carbocycles. The van der Waals surface area contributed by atoms with Gasteiger partial charge in [-0.2, -0.15) is 0 Å². The van der Waals surface area contributed by atoms with E-state index in [0.717, 1.165) is 11.4 Å². The van der Waals surface area contributed by atoms with Gasteiger partial charge < -0.3 is 14.8 Å². The van der Waals surface area contributed by atoms with E-state index in [9.17, 15) is 4.79 Å². The molecule has 1 aromatic rings. The highest BCUT2D eigenvalue weighted by Gasteiger charge is 2.23. The summed E-state index contributed by atoms with van der Waals surface area (Å²) >= 11 is 0. The van der Waals surface area contributed by atoms with Crippen molar-refractivity contribution in [1.82, 2.24) is 0 Å². The summed E-state index contributed by atoms with van der Waals surface area (Å²) in [6, 6.07) is 8.06. The number of amides is 1. The van der Waals surface area contributed by atoms with Crippen molar-refractivity contribution >= 4 is 17.5 Å². The molecule has 0 radical (unpaired) electrons. The molecule has 20 heavy (non-hydrogen) atoms. The van der Waals surface area contributed by atoms with E-state index in [-0.39, 0.29) is 12.1 Å². The van der Waals surface area contributed by atoms with Crippen molar-refractivity contribution in [2.24, 2.45) is 5.92 Å². The Morgan fingerprint density at radius 3 is 2.85 bits per heavy atom. The fourth-order valence-electron chi connectivity index (χ4n) is 2.19. The van der Waals surface area contributed by atoms with Crippen molar-refractivity contribution in [2.45, 2.75) is 19.9 Å². The molecule has 1 saturated heterocycles. The van der Waals surface area contributed by atoms with Gasteiger partial charge in [-0.05, 0) is 24.1 Å². The Labute approximate surface area is 119 Å². The second-order valence-electron chi connectivity index (χ2n) is 5.27.